The van der Waals surface area contributed by atoms with E-state index in [-0.39, 0.29) is 5.91 Å². The van der Waals surface area contributed by atoms with Crippen molar-refractivity contribution in [3.05, 3.63) is 66.2 Å². The van der Waals surface area contributed by atoms with E-state index in [9.17, 15) is 4.79 Å². The molecule has 0 spiro atoms. The van der Waals surface area contributed by atoms with Gasteiger partial charge in [0.1, 0.15) is 0 Å². The summed E-state index contributed by atoms with van der Waals surface area (Å²) in [4.78, 5) is 19.1. The number of aromatic amines is 1. The molecule has 3 aromatic rings. The van der Waals surface area contributed by atoms with E-state index in [0.29, 0.717) is 17.4 Å². The van der Waals surface area contributed by atoms with E-state index in [1.807, 2.05) is 42.5 Å². The summed E-state index contributed by atoms with van der Waals surface area (Å²) in [5, 5.41) is 10.2. The summed E-state index contributed by atoms with van der Waals surface area (Å²) in [6.45, 7) is 1.07. The lowest BCUT2D eigenvalue weighted by molar-refractivity contribution is 0.102. The number of anilines is 1. The van der Waals surface area contributed by atoms with Crippen molar-refractivity contribution in [1.82, 2.24) is 20.1 Å². The van der Waals surface area contributed by atoms with Crippen molar-refractivity contribution in [3.63, 3.8) is 0 Å². The van der Waals surface area contributed by atoms with E-state index in [1.54, 1.807) is 12.4 Å². The summed E-state index contributed by atoms with van der Waals surface area (Å²) >= 11 is 0. The number of likely N-dealkylation sites (tertiary alicyclic amines) is 1. The molecular weight excluding hydrogens is 326 g/mol. The summed E-state index contributed by atoms with van der Waals surface area (Å²) in [7, 11) is 2.10. The van der Waals surface area contributed by atoms with Gasteiger partial charge < -0.3 is 5.32 Å². The molecule has 1 saturated heterocycles. The SMILES string of the molecule is CN1CCCC1c1cc(C(=O)Nc2cnccc2-c2ccccc2)n[nH]1. The van der Waals surface area contributed by atoms with Crippen molar-refractivity contribution in [2.45, 2.75) is 18.9 Å². The molecule has 6 heteroatoms. The molecule has 132 valence electrons. The molecule has 0 saturated carbocycles. The third-order valence-electron chi connectivity index (χ3n) is 4.86. The highest BCUT2D eigenvalue weighted by Crippen LogP contribution is 2.30. The lowest BCUT2D eigenvalue weighted by Crippen LogP contribution is -2.17. The van der Waals surface area contributed by atoms with Gasteiger partial charge in [0.15, 0.2) is 5.69 Å². The molecule has 0 aliphatic carbocycles. The molecule has 1 aromatic carbocycles. The van der Waals surface area contributed by atoms with Gasteiger partial charge >= 0.3 is 0 Å². The van der Waals surface area contributed by atoms with Crippen LogP contribution < -0.4 is 5.32 Å². The van der Waals surface area contributed by atoms with Crippen LogP contribution in [0.25, 0.3) is 11.1 Å². The predicted molar refractivity (Wildman–Crippen MR) is 101 cm³/mol. The van der Waals surface area contributed by atoms with Gasteiger partial charge in [-0.2, -0.15) is 5.10 Å². The molecule has 0 bridgehead atoms. The molecule has 1 amide bonds. The Balaban J connectivity index is 1.55. The van der Waals surface area contributed by atoms with Crippen LogP contribution in [-0.4, -0.2) is 39.6 Å². The molecule has 1 aliphatic rings. The minimum absolute atomic E-state index is 0.238. The Morgan fingerprint density at radius 2 is 2.12 bits per heavy atom. The van der Waals surface area contributed by atoms with Crippen LogP contribution in [0.4, 0.5) is 5.69 Å². The first-order valence-electron chi connectivity index (χ1n) is 8.79. The third-order valence-corrected chi connectivity index (χ3v) is 4.86. The van der Waals surface area contributed by atoms with Crippen LogP contribution in [0.1, 0.15) is 35.1 Å². The standard InChI is InChI=1S/C20H21N5O/c1-25-11-5-8-19(25)16-12-17(24-23-16)20(26)22-18-13-21-10-9-15(18)14-6-3-2-4-7-14/h2-4,6-7,9-10,12-13,19H,5,8,11H2,1H3,(H,22,26)(H,23,24). The Morgan fingerprint density at radius 3 is 2.88 bits per heavy atom. The smallest absolute Gasteiger partial charge is 0.276 e. The van der Waals surface area contributed by atoms with E-state index in [0.717, 1.165) is 36.2 Å². The quantitative estimate of drug-likeness (QED) is 0.758. The first-order valence-corrected chi connectivity index (χ1v) is 8.79. The van der Waals surface area contributed by atoms with Crippen LogP contribution in [-0.2, 0) is 0 Å². The zero-order valence-corrected chi connectivity index (χ0v) is 14.6. The van der Waals surface area contributed by atoms with E-state index in [2.05, 4.69) is 32.4 Å². The van der Waals surface area contributed by atoms with Crippen LogP contribution in [0.5, 0.6) is 0 Å². The van der Waals surface area contributed by atoms with E-state index in [4.69, 9.17) is 0 Å². The van der Waals surface area contributed by atoms with E-state index >= 15 is 0 Å². The number of pyridine rings is 1. The maximum Gasteiger partial charge on any atom is 0.276 e. The largest absolute Gasteiger partial charge is 0.319 e. The number of aromatic nitrogens is 3. The number of amides is 1. The molecular formula is C20H21N5O. The van der Waals surface area contributed by atoms with Crippen LogP contribution in [0.15, 0.2) is 54.9 Å². The topological polar surface area (TPSA) is 73.9 Å². The van der Waals surface area contributed by atoms with Crippen molar-refractivity contribution in [2.75, 3.05) is 18.9 Å². The second-order valence-corrected chi connectivity index (χ2v) is 6.59. The molecule has 0 radical (unpaired) electrons. The van der Waals surface area contributed by atoms with Crippen molar-refractivity contribution < 1.29 is 4.79 Å². The average Bonchev–Trinajstić information content (AvgIpc) is 3.32. The molecule has 4 rings (SSSR count). The Hall–Kier alpha value is -2.99. The number of H-pyrrole nitrogens is 1. The zero-order valence-electron chi connectivity index (χ0n) is 14.6. The van der Waals surface area contributed by atoms with Gasteiger partial charge in [-0.15, -0.1) is 0 Å². The molecule has 1 atom stereocenters. The van der Waals surface area contributed by atoms with Crippen LogP contribution in [0.3, 0.4) is 0 Å². The van der Waals surface area contributed by atoms with Crippen LogP contribution >= 0.6 is 0 Å². The van der Waals surface area contributed by atoms with E-state index in [1.165, 1.54) is 0 Å². The van der Waals surface area contributed by atoms with Gasteiger partial charge in [0.25, 0.3) is 5.91 Å². The molecule has 2 N–H and O–H groups in total. The van der Waals surface area contributed by atoms with Gasteiger partial charge in [-0.05, 0) is 44.1 Å². The number of rotatable bonds is 4. The Bertz CT molecular complexity index is 905. The average molecular weight is 347 g/mol. The van der Waals surface area contributed by atoms with Gasteiger partial charge in [0, 0.05) is 11.8 Å². The Morgan fingerprint density at radius 1 is 1.27 bits per heavy atom. The van der Waals surface area contributed by atoms with E-state index < -0.39 is 0 Å². The number of carbonyl (C=O) groups is 1. The monoisotopic (exact) mass is 347 g/mol. The summed E-state index contributed by atoms with van der Waals surface area (Å²) in [6.07, 6.45) is 5.64. The molecule has 1 unspecified atom stereocenters. The molecule has 2 aromatic heterocycles. The van der Waals surface area contributed by atoms with Gasteiger partial charge in [-0.25, -0.2) is 0 Å². The molecule has 6 nitrogen and oxygen atoms in total. The highest BCUT2D eigenvalue weighted by molar-refractivity contribution is 6.05. The van der Waals surface area contributed by atoms with Crippen molar-refractivity contribution in [2.24, 2.45) is 0 Å². The van der Waals surface area contributed by atoms with Crippen molar-refractivity contribution in [1.29, 1.82) is 0 Å². The number of hydrogen-bond acceptors (Lipinski definition) is 4. The second-order valence-electron chi connectivity index (χ2n) is 6.59. The maximum atomic E-state index is 12.7. The summed E-state index contributed by atoms with van der Waals surface area (Å²) in [5.74, 6) is -0.238. The van der Waals surface area contributed by atoms with Crippen LogP contribution in [0, 0.1) is 0 Å². The lowest BCUT2D eigenvalue weighted by Gasteiger charge is -2.16. The highest BCUT2D eigenvalue weighted by atomic mass is 16.1. The van der Waals surface area contributed by atoms with Gasteiger partial charge in [-0.1, -0.05) is 30.3 Å². The first kappa shape index (κ1) is 16.5. The number of nitrogens with one attached hydrogen (secondary N) is 2. The normalized spacial score (nSPS) is 17.3. The minimum atomic E-state index is -0.238. The van der Waals surface area contributed by atoms with Gasteiger partial charge in [-0.3, -0.25) is 19.8 Å². The summed E-state index contributed by atoms with van der Waals surface area (Å²) in [6, 6.07) is 14.0. The van der Waals surface area contributed by atoms with Gasteiger partial charge in [0.05, 0.1) is 23.6 Å². The van der Waals surface area contributed by atoms with Crippen molar-refractivity contribution >= 4 is 11.6 Å². The lowest BCUT2D eigenvalue weighted by atomic mass is 10.1. The number of hydrogen-bond donors (Lipinski definition) is 2. The summed E-state index contributed by atoms with van der Waals surface area (Å²) < 4.78 is 0. The zero-order chi connectivity index (χ0) is 17.9. The molecule has 26 heavy (non-hydrogen) atoms. The van der Waals surface area contributed by atoms with Crippen molar-refractivity contribution in [3.8, 4) is 11.1 Å². The fraction of sp³-hybridized carbons (Fsp3) is 0.250. The fourth-order valence-corrected chi connectivity index (χ4v) is 3.48. The molecule has 3 heterocycles. The van der Waals surface area contributed by atoms with Crippen LogP contribution in [0.2, 0.25) is 0 Å². The van der Waals surface area contributed by atoms with Gasteiger partial charge in [0.2, 0.25) is 0 Å². The first-order chi connectivity index (χ1) is 12.7. The minimum Gasteiger partial charge on any atom is -0.319 e. The Labute approximate surface area is 152 Å². The number of nitrogens with zero attached hydrogens (tertiary/aromatic N) is 3. The predicted octanol–water partition coefficient (Wildman–Crippen LogP) is 3.49. The Kier molecular flexibility index (Phi) is 4.50. The highest BCUT2D eigenvalue weighted by Gasteiger charge is 2.25. The second kappa shape index (κ2) is 7.09. The fourth-order valence-electron chi connectivity index (χ4n) is 3.48. The third kappa shape index (κ3) is 3.23. The molecule has 1 aliphatic heterocycles. The maximum absolute atomic E-state index is 12.7. The number of benzene rings is 1. The number of carbonyl (C=O) groups excluding carboxylic acids is 1. The summed E-state index contributed by atoms with van der Waals surface area (Å²) in [5.41, 5.74) is 4.01. The molecule has 1 fully saturated rings.